The Bertz CT molecular complexity index is 960. The molecule has 7 nitrogen and oxygen atoms in total. The summed E-state index contributed by atoms with van der Waals surface area (Å²) in [5.41, 5.74) is 2.86. The van der Waals surface area contributed by atoms with E-state index in [1.165, 1.54) is 32.1 Å². The summed E-state index contributed by atoms with van der Waals surface area (Å²) in [7, 11) is 0. The van der Waals surface area contributed by atoms with Gasteiger partial charge < -0.3 is 14.6 Å². The van der Waals surface area contributed by atoms with Crippen LogP contribution in [0.15, 0.2) is 36.7 Å². The van der Waals surface area contributed by atoms with E-state index in [4.69, 9.17) is 19.7 Å². The lowest BCUT2D eigenvalue weighted by Crippen LogP contribution is -2.39. The molecule has 158 valence electrons. The van der Waals surface area contributed by atoms with Crippen LogP contribution in [0.25, 0.3) is 22.6 Å². The molecular formula is C23H30N6O. The molecule has 3 heterocycles. The van der Waals surface area contributed by atoms with Crippen LogP contribution >= 0.6 is 0 Å². The van der Waals surface area contributed by atoms with Crippen molar-refractivity contribution in [2.75, 3.05) is 44.7 Å². The van der Waals surface area contributed by atoms with E-state index in [-0.39, 0.29) is 0 Å². The molecule has 5 rings (SSSR count). The topological polar surface area (TPSA) is 68.1 Å². The second kappa shape index (κ2) is 9.10. The lowest BCUT2D eigenvalue weighted by molar-refractivity contribution is 0.0398. The number of benzene rings is 1. The lowest BCUT2D eigenvalue weighted by Gasteiger charge is -2.26. The van der Waals surface area contributed by atoms with Crippen LogP contribution in [-0.2, 0) is 4.74 Å². The minimum Gasteiger partial charge on any atom is -0.379 e. The fourth-order valence-corrected chi connectivity index (χ4v) is 4.54. The molecule has 0 bridgehead atoms. The highest BCUT2D eigenvalue weighted by Crippen LogP contribution is 2.32. The molecule has 2 aromatic heterocycles. The molecule has 2 aliphatic rings. The van der Waals surface area contributed by atoms with Crippen molar-refractivity contribution in [3.8, 4) is 11.4 Å². The van der Waals surface area contributed by atoms with E-state index in [0.717, 1.165) is 67.8 Å². The molecule has 7 heteroatoms. The molecule has 1 N–H and O–H groups in total. The molecular weight excluding hydrogens is 376 g/mol. The first-order valence-electron chi connectivity index (χ1n) is 11.2. The van der Waals surface area contributed by atoms with Crippen molar-refractivity contribution >= 4 is 17.0 Å². The van der Waals surface area contributed by atoms with Gasteiger partial charge in [-0.25, -0.2) is 15.0 Å². The molecule has 0 unspecified atom stereocenters. The maximum atomic E-state index is 5.45. The van der Waals surface area contributed by atoms with Gasteiger partial charge in [0.2, 0.25) is 0 Å². The first-order chi connectivity index (χ1) is 14.9. The zero-order chi connectivity index (χ0) is 20.2. The van der Waals surface area contributed by atoms with Gasteiger partial charge in [-0.3, -0.25) is 4.90 Å². The number of hydrogen-bond donors (Lipinski definition) is 1. The summed E-state index contributed by atoms with van der Waals surface area (Å²) in [4.78, 5) is 17.0. The molecule has 1 saturated carbocycles. The highest BCUT2D eigenvalue weighted by atomic mass is 16.5. The van der Waals surface area contributed by atoms with Crippen molar-refractivity contribution in [2.24, 2.45) is 0 Å². The van der Waals surface area contributed by atoms with Gasteiger partial charge in [-0.15, -0.1) is 0 Å². The van der Waals surface area contributed by atoms with Crippen LogP contribution in [0.1, 0.15) is 38.1 Å². The summed E-state index contributed by atoms with van der Waals surface area (Å²) in [5, 5.41) is 3.55. The van der Waals surface area contributed by atoms with Gasteiger partial charge in [-0.1, -0.05) is 49.6 Å². The maximum Gasteiger partial charge on any atom is 0.166 e. The monoisotopic (exact) mass is 406 g/mol. The van der Waals surface area contributed by atoms with Gasteiger partial charge in [0.1, 0.15) is 5.52 Å². The summed E-state index contributed by atoms with van der Waals surface area (Å²) >= 11 is 0. The summed E-state index contributed by atoms with van der Waals surface area (Å²) in [6.45, 7) is 5.43. The second-order valence-corrected chi connectivity index (χ2v) is 8.26. The number of nitrogens with zero attached hydrogens (tertiary/aromatic N) is 5. The third-order valence-electron chi connectivity index (χ3n) is 6.25. The van der Waals surface area contributed by atoms with E-state index < -0.39 is 0 Å². The predicted octanol–water partition coefficient (Wildman–Crippen LogP) is 3.74. The summed E-state index contributed by atoms with van der Waals surface area (Å²) in [5.74, 6) is 1.59. The Morgan fingerprint density at radius 2 is 1.80 bits per heavy atom. The fourth-order valence-electron chi connectivity index (χ4n) is 4.54. The standard InChI is InChI=1S/C23H30N6O/c1-3-7-18(8-4-1)21-26-22(24-11-12-28-13-15-30-16-14-28)20-23(27-21)29(17-25-20)19-9-5-2-6-10-19/h1,3-4,7-8,17,19H,2,5-6,9-16H2,(H,24,26,27). The van der Waals surface area contributed by atoms with E-state index in [1.807, 2.05) is 24.5 Å². The van der Waals surface area contributed by atoms with Crippen molar-refractivity contribution in [1.29, 1.82) is 0 Å². The smallest absolute Gasteiger partial charge is 0.166 e. The van der Waals surface area contributed by atoms with Crippen LogP contribution in [0.5, 0.6) is 0 Å². The number of fused-ring (bicyclic) bond motifs is 1. The first kappa shape index (κ1) is 19.5. The number of ether oxygens (including phenoxy) is 1. The Morgan fingerprint density at radius 1 is 1.00 bits per heavy atom. The van der Waals surface area contributed by atoms with E-state index in [0.29, 0.717) is 6.04 Å². The number of rotatable bonds is 6. The third-order valence-corrected chi connectivity index (χ3v) is 6.25. The molecule has 30 heavy (non-hydrogen) atoms. The Kier molecular flexibility index (Phi) is 5.90. The summed E-state index contributed by atoms with van der Waals surface area (Å²) < 4.78 is 7.74. The molecule has 1 saturated heterocycles. The molecule has 3 aromatic rings. The van der Waals surface area contributed by atoms with Gasteiger partial charge in [0.25, 0.3) is 0 Å². The SMILES string of the molecule is c1ccc(-c2nc(NCCN3CCOCC3)c3ncn(C4CCCCC4)c3n2)cc1. The molecule has 1 aliphatic carbocycles. The van der Waals surface area contributed by atoms with Gasteiger partial charge in [0, 0.05) is 37.8 Å². The minimum absolute atomic E-state index is 0.489. The van der Waals surface area contributed by atoms with E-state index >= 15 is 0 Å². The zero-order valence-corrected chi connectivity index (χ0v) is 17.5. The molecule has 0 atom stereocenters. The Balaban J connectivity index is 1.45. The minimum atomic E-state index is 0.489. The predicted molar refractivity (Wildman–Crippen MR) is 119 cm³/mol. The molecule has 1 aromatic carbocycles. The quantitative estimate of drug-likeness (QED) is 0.673. The highest BCUT2D eigenvalue weighted by Gasteiger charge is 2.21. The Hall–Kier alpha value is -2.51. The normalized spacial score (nSPS) is 18.7. The third kappa shape index (κ3) is 4.18. The molecule has 0 spiro atoms. The van der Waals surface area contributed by atoms with Gasteiger partial charge >= 0.3 is 0 Å². The number of anilines is 1. The van der Waals surface area contributed by atoms with Crippen molar-refractivity contribution in [3.63, 3.8) is 0 Å². The summed E-state index contributed by atoms with van der Waals surface area (Å²) in [6, 6.07) is 10.7. The highest BCUT2D eigenvalue weighted by molar-refractivity contribution is 5.85. The van der Waals surface area contributed by atoms with Crippen molar-refractivity contribution in [3.05, 3.63) is 36.7 Å². The number of hydrogen-bond acceptors (Lipinski definition) is 6. The number of nitrogens with one attached hydrogen (secondary N) is 1. The van der Waals surface area contributed by atoms with Crippen LogP contribution < -0.4 is 5.32 Å². The molecule has 1 aliphatic heterocycles. The Morgan fingerprint density at radius 3 is 2.60 bits per heavy atom. The number of morpholine rings is 1. The molecule has 0 amide bonds. The average Bonchev–Trinajstić information content (AvgIpc) is 3.25. The maximum absolute atomic E-state index is 5.45. The van der Waals surface area contributed by atoms with Gasteiger partial charge in [0.05, 0.1) is 19.5 Å². The van der Waals surface area contributed by atoms with Crippen LogP contribution in [0.2, 0.25) is 0 Å². The first-order valence-corrected chi connectivity index (χ1v) is 11.2. The van der Waals surface area contributed by atoms with Crippen molar-refractivity contribution in [1.82, 2.24) is 24.4 Å². The van der Waals surface area contributed by atoms with Gasteiger partial charge in [-0.05, 0) is 12.8 Å². The van der Waals surface area contributed by atoms with E-state index in [1.54, 1.807) is 0 Å². The van der Waals surface area contributed by atoms with E-state index in [9.17, 15) is 0 Å². The van der Waals surface area contributed by atoms with Crippen LogP contribution in [0, 0.1) is 0 Å². The second-order valence-electron chi connectivity index (χ2n) is 8.26. The van der Waals surface area contributed by atoms with Gasteiger partial charge in [-0.2, -0.15) is 0 Å². The lowest BCUT2D eigenvalue weighted by atomic mass is 9.95. The van der Waals surface area contributed by atoms with Crippen LogP contribution in [-0.4, -0.2) is 63.8 Å². The Labute approximate surface area is 177 Å². The number of imidazole rings is 1. The zero-order valence-electron chi connectivity index (χ0n) is 17.5. The van der Waals surface area contributed by atoms with Crippen LogP contribution in [0.4, 0.5) is 5.82 Å². The van der Waals surface area contributed by atoms with Crippen molar-refractivity contribution in [2.45, 2.75) is 38.1 Å². The largest absolute Gasteiger partial charge is 0.379 e. The number of aromatic nitrogens is 4. The van der Waals surface area contributed by atoms with E-state index in [2.05, 4.69) is 26.9 Å². The average molecular weight is 407 g/mol. The fraction of sp³-hybridized carbons (Fsp3) is 0.522. The van der Waals surface area contributed by atoms with Gasteiger partial charge in [0.15, 0.2) is 17.3 Å². The molecule has 2 fully saturated rings. The van der Waals surface area contributed by atoms with Crippen LogP contribution in [0.3, 0.4) is 0 Å². The summed E-state index contributed by atoms with van der Waals surface area (Å²) in [6.07, 6.45) is 8.28. The molecule has 0 radical (unpaired) electrons. The van der Waals surface area contributed by atoms with Crippen molar-refractivity contribution < 1.29 is 4.74 Å².